The molecule has 1 aromatic carbocycles. The standard InChI is InChI=1S/C23H24ClF3N2O/c1-29-14-15-5-9-22(29,10-6-15)19(16-7-11-28-12-8-16)13-20(30)17-3-2-4-18(21(17)24)23(25,26)27/h2-4,7-8,11-12,15,19H,5-6,9-10,13-14H2,1H3. The van der Waals surface area contributed by atoms with Gasteiger partial charge in [0, 0.05) is 42.4 Å². The molecule has 0 spiro atoms. The summed E-state index contributed by atoms with van der Waals surface area (Å²) in [4.78, 5) is 19.7. The summed E-state index contributed by atoms with van der Waals surface area (Å²) in [6.45, 7) is 0.986. The molecule has 1 aliphatic carbocycles. The number of Topliss-reactive ketones (excluding diaryl/α,β-unsaturated/α-hetero) is 1. The van der Waals surface area contributed by atoms with E-state index in [9.17, 15) is 18.0 Å². The van der Waals surface area contributed by atoms with Gasteiger partial charge in [-0.05, 0) is 68.5 Å². The van der Waals surface area contributed by atoms with E-state index in [2.05, 4.69) is 16.9 Å². The van der Waals surface area contributed by atoms with Crippen molar-refractivity contribution in [2.24, 2.45) is 5.92 Å². The first-order valence-corrected chi connectivity index (χ1v) is 10.6. The van der Waals surface area contributed by atoms with E-state index < -0.39 is 16.8 Å². The van der Waals surface area contributed by atoms with Gasteiger partial charge in [-0.3, -0.25) is 14.7 Å². The van der Waals surface area contributed by atoms with Crippen LogP contribution in [0.1, 0.15) is 59.5 Å². The first-order chi connectivity index (χ1) is 14.2. The molecule has 1 aromatic heterocycles. The van der Waals surface area contributed by atoms with Crippen molar-refractivity contribution in [2.45, 2.75) is 49.7 Å². The largest absolute Gasteiger partial charge is 0.417 e. The van der Waals surface area contributed by atoms with Crippen molar-refractivity contribution in [3.05, 3.63) is 64.4 Å². The molecule has 2 aromatic rings. The van der Waals surface area contributed by atoms with Crippen LogP contribution in [0.25, 0.3) is 0 Å². The zero-order valence-electron chi connectivity index (χ0n) is 16.8. The Morgan fingerprint density at radius 2 is 1.90 bits per heavy atom. The third kappa shape index (κ3) is 3.76. The summed E-state index contributed by atoms with van der Waals surface area (Å²) in [5, 5.41) is -0.512. The quantitative estimate of drug-likeness (QED) is 0.540. The van der Waals surface area contributed by atoms with Crippen molar-refractivity contribution in [3.8, 4) is 0 Å². The Hall–Kier alpha value is -1.92. The minimum absolute atomic E-state index is 0.0610. The molecule has 1 atom stereocenters. The van der Waals surface area contributed by atoms with E-state index in [1.807, 2.05) is 12.1 Å². The lowest BCUT2D eigenvalue weighted by molar-refractivity contribution is -0.137. The SMILES string of the molecule is CN1CC2CCC1(C(CC(=O)c1cccc(C(F)(F)F)c1Cl)c1ccncc1)CC2. The molecule has 5 rings (SSSR count). The fraction of sp³-hybridized carbons (Fsp3) is 0.478. The molecular weight excluding hydrogens is 413 g/mol. The van der Waals surface area contributed by atoms with Crippen LogP contribution < -0.4 is 0 Å². The summed E-state index contributed by atoms with van der Waals surface area (Å²) in [6, 6.07) is 7.38. The lowest BCUT2D eigenvalue weighted by Gasteiger charge is -2.57. The van der Waals surface area contributed by atoms with Crippen molar-refractivity contribution < 1.29 is 18.0 Å². The minimum atomic E-state index is -4.60. The maximum Gasteiger partial charge on any atom is 0.417 e. The third-order valence-electron chi connectivity index (χ3n) is 7.01. The molecule has 7 heteroatoms. The van der Waals surface area contributed by atoms with Gasteiger partial charge in [0.15, 0.2) is 5.78 Å². The molecule has 2 bridgehead atoms. The van der Waals surface area contributed by atoms with Gasteiger partial charge in [0.05, 0.1) is 10.6 Å². The van der Waals surface area contributed by atoms with Crippen molar-refractivity contribution in [3.63, 3.8) is 0 Å². The summed E-state index contributed by atoms with van der Waals surface area (Å²) in [7, 11) is 2.10. The number of hydrogen-bond donors (Lipinski definition) is 0. The number of carbonyl (C=O) groups is 1. The highest BCUT2D eigenvalue weighted by molar-refractivity contribution is 6.34. The zero-order chi connectivity index (χ0) is 21.5. The maximum absolute atomic E-state index is 13.3. The molecule has 0 N–H and O–H groups in total. The van der Waals surface area contributed by atoms with Crippen LogP contribution in [0.4, 0.5) is 13.2 Å². The number of carbonyl (C=O) groups excluding carboxylic acids is 1. The second-order valence-corrected chi connectivity index (χ2v) is 8.93. The summed E-state index contributed by atoms with van der Waals surface area (Å²) >= 11 is 6.05. The van der Waals surface area contributed by atoms with E-state index in [1.54, 1.807) is 12.4 Å². The Kier molecular flexibility index (Phi) is 5.66. The fourth-order valence-electron chi connectivity index (χ4n) is 5.40. The lowest BCUT2D eigenvalue weighted by Crippen LogP contribution is -2.59. The highest BCUT2D eigenvalue weighted by atomic mass is 35.5. The average molecular weight is 437 g/mol. The highest BCUT2D eigenvalue weighted by Crippen LogP contribution is 2.51. The van der Waals surface area contributed by atoms with Crippen LogP contribution in [0.5, 0.6) is 0 Å². The maximum atomic E-state index is 13.3. The predicted molar refractivity (Wildman–Crippen MR) is 110 cm³/mol. The number of pyridine rings is 1. The molecule has 0 amide bonds. The van der Waals surface area contributed by atoms with Gasteiger partial charge in [-0.2, -0.15) is 13.2 Å². The molecule has 0 radical (unpaired) electrons. The first-order valence-electron chi connectivity index (χ1n) is 10.2. The smallest absolute Gasteiger partial charge is 0.300 e. The van der Waals surface area contributed by atoms with Gasteiger partial charge in [0.2, 0.25) is 0 Å². The molecule has 2 aliphatic heterocycles. The van der Waals surface area contributed by atoms with E-state index in [0.717, 1.165) is 43.9 Å². The van der Waals surface area contributed by atoms with E-state index in [4.69, 9.17) is 11.6 Å². The molecule has 3 aliphatic rings. The van der Waals surface area contributed by atoms with Gasteiger partial charge >= 0.3 is 6.18 Å². The number of aromatic nitrogens is 1. The number of halogens is 4. The highest BCUT2D eigenvalue weighted by Gasteiger charge is 2.50. The number of alkyl halides is 3. The van der Waals surface area contributed by atoms with Crippen LogP contribution in [0, 0.1) is 5.92 Å². The molecule has 2 saturated heterocycles. The molecule has 160 valence electrons. The zero-order valence-corrected chi connectivity index (χ0v) is 17.5. The number of rotatable bonds is 5. The monoisotopic (exact) mass is 436 g/mol. The third-order valence-corrected chi connectivity index (χ3v) is 7.42. The normalized spacial score (nSPS) is 25.3. The number of piperidine rings is 2. The van der Waals surface area contributed by atoms with Crippen LogP contribution in [0.3, 0.4) is 0 Å². The summed E-state index contributed by atoms with van der Waals surface area (Å²) < 4.78 is 39.8. The van der Waals surface area contributed by atoms with Crippen molar-refractivity contribution >= 4 is 17.4 Å². The van der Waals surface area contributed by atoms with E-state index >= 15 is 0 Å². The predicted octanol–water partition coefficient (Wildman–Crippen LogP) is 5.98. The Bertz CT molecular complexity index is 924. The van der Waals surface area contributed by atoms with E-state index in [1.165, 1.54) is 12.1 Å². The summed E-state index contributed by atoms with van der Waals surface area (Å²) in [6.07, 6.45) is 3.10. The average Bonchev–Trinajstić information content (AvgIpc) is 2.72. The number of fused-ring (bicyclic) bond motifs is 3. The molecule has 1 unspecified atom stereocenters. The number of ketones is 1. The van der Waals surface area contributed by atoms with E-state index in [0.29, 0.717) is 5.92 Å². The number of likely N-dealkylation sites (N-methyl/N-ethyl adjacent to an activating group) is 1. The van der Waals surface area contributed by atoms with Gasteiger partial charge in [-0.25, -0.2) is 0 Å². The minimum Gasteiger partial charge on any atom is -0.300 e. The van der Waals surface area contributed by atoms with Crippen LogP contribution in [-0.4, -0.2) is 34.8 Å². The molecule has 30 heavy (non-hydrogen) atoms. The van der Waals surface area contributed by atoms with Gasteiger partial charge in [-0.15, -0.1) is 0 Å². The van der Waals surface area contributed by atoms with Crippen LogP contribution in [0.2, 0.25) is 5.02 Å². The summed E-state index contributed by atoms with van der Waals surface area (Å²) in [5.41, 5.74) is -0.216. The van der Waals surface area contributed by atoms with Crippen LogP contribution in [0.15, 0.2) is 42.7 Å². The Balaban J connectivity index is 1.71. The molecule has 3 fully saturated rings. The lowest BCUT2D eigenvalue weighted by atomic mass is 9.62. The van der Waals surface area contributed by atoms with Crippen molar-refractivity contribution in [1.82, 2.24) is 9.88 Å². The van der Waals surface area contributed by atoms with Gasteiger partial charge in [0.1, 0.15) is 0 Å². The number of benzene rings is 1. The molecular formula is C23H24ClF3N2O. The Labute approximate surface area is 179 Å². The Morgan fingerprint density at radius 3 is 2.50 bits per heavy atom. The first kappa shape index (κ1) is 21.3. The number of nitrogens with zero attached hydrogens (tertiary/aromatic N) is 2. The van der Waals surface area contributed by atoms with Gasteiger partial charge in [0.25, 0.3) is 0 Å². The van der Waals surface area contributed by atoms with Crippen LogP contribution in [-0.2, 0) is 6.18 Å². The topological polar surface area (TPSA) is 33.2 Å². The summed E-state index contributed by atoms with van der Waals surface area (Å²) in [5.74, 6) is 0.192. The molecule has 3 heterocycles. The Morgan fingerprint density at radius 1 is 1.23 bits per heavy atom. The fourth-order valence-corrected chi connectivity index (χ4v) is 5.74. The van der Waals surface area contributed by atoms with Gasteiger partial charge < -0.3 is 0 Å². The van der Waals surface area contributed by atoms with Crippen molar-refractivity contribution in [2.75, 3.05) is 13.6 Å². The molecule has 1 saturated carbocycles. The van der Waals surface area contributed by atoms with E-state index in [-0.39, 0.29) is 29.2 Å². The second kappa shape index (κ2) is 7.97. The van der Waals surface area contributed by atoms with Crippen LogP contribution >= 0.6 is 11.6 Å². The van der Waals surface area contributed by atoms with Gasteiger partial charge in [-0.1, -0.05) is 17.7 Å². The van der Waals surface area contributed by atoms with Crippen molar-refractivity contribution in [1.29, 1.82) is 0 Å². The molecule has 3 nitrogen and oxygen atoms in total. The number of hydrogen-bond acceptors (Lipinski definition) is 3. The second-order valence-electron chi connectivity index (χ2n) is 8.55.